The molecule has 0 radical (unpaired) electrons. The lowest BCUT2D eigenvalue weighted by Gasteiger charge is -2.35. The Morgan fingerprint density at radius 3 is 2.44 bits per heavy atom. The molecule has 0 aliphatic carbocycles. The fraction of sp³-hybridized carbons (Fsp3) is 0.944. The van der Waals surface area contributed by atoms with E-state index in [1.807, 2.05) is 0 Å². The lowest BCUT2D eigenvalue weighted by atomic mass is 10.1. The zero-order valence-corrected chi connectivity index (χ0v) is 18.7. The van der Waals surface area contributed by atoms with Crippen LogP contribution in [0.25, 0.3) is 0 Å². The van der Waals surface area contributed by atoms with Gasteiger partial charge in [-0.15, -0.1) is 24.0 Å². The minimum atomic E-state index is 0. The van der Waals surface area contributed by atoms with Crippen LogP contribution in [0.4, 0.5) is 0 Å². The molecule has 25 heavy (non-hydrogen) atoms. The van der Waals surface area contributed by atoms with Crippen LogP contribution in [0, 0.1) is 5.92 Å². The van der Waals surface area contributed by atoms with E-state index in [2.05, 4.69) is 45.8 Å². The number of hydrogen-bond acceptors (Lipinski definition) is 4. The fourth-order valence-corrected chi connectivity index (χ4v) is 3.86. The molecule has 148 valence electrons. The summed E-state index contributed by atoms with van der Waals surface area (Å²) in [5.74, 6) is 1.16. The third-order valence-corrected chi connectivity index (χ3v) is 5.48. The molecule has 0 aromatic rings. The predicted octanol–water partition coefficient (Wildman–Crippen LogP) is 1.27. The van der Waals surface area contributed by atoms with E-state index in [0.717, 1.165) is 26.2 Å². The number of nitrogens with one attached hydrogen (secondary N) is 1. The smallest absolute Gasteiger partial charge is 0.188 e. The molecular formula is C18H39IN6. The van der Waals surface area contributed by atoms with Crippen molar-refractivity contribution in [3.05, 3.63) is 0 Å². The monoisotopic (exact) mass is 466 g/mol. The maximum atomic E-state index is 6.06. The van der Waals surface area contributed by atoms with Gasteiger partial charge in [0.1, 0.15) is 0 Å². The topological polar surface area (TPSA) is 60.1 Å². The molecular weight excluding hydrogens is 427 g/mol. The van der Waals surface area contributed by atoms with E-state index in [9.17, 15) is 0 Å². The van der Waals surface area contributed by atoms with Crippen molar-refractivity contribution < 1.29 is 0 Å². The van der Waals surface area contributed by atoms with Crippen molar-refractivity contribution in [1.82, 2.24) is 20.0 Å². The Morgan fingerprint density at radius 2 is 1.80 bits per heavy atom. The Bertz CT molecular complexity index is 384. The summed E-state index contributed by atoms with van der Waals surface area (Å²) >= 11 is 0. The summed E-state index contributed by atoms with van der Waals surface area (Å²) in [6.07, 6.45) is 2.58. The lowest BCUT2D eigenvalue weighted by molar-refractivity contribution is 0.125. The van der Waals surface area contributed by atoms with Crippen molar-refractivity contribution in [2.75, 3.05) is 65.4 Å². The van der Waals surface area contributed by atoms with E-state index in [4.69, 9.17) is 5.73 Å². The summed E-state index contributed by atoms with van der Waals surface area (Å²) in [6, 6.07) is 0.621. The molecule has 0 saturated carbocycles. The number of hydrogen-bond donors (Lipinski definition) is 2. The third-order valence-electron chi connectivity index (χ3n) is 5.48. The second-order valence-corrected chi connectivity index (χ2v) is 7.37. The summed E-state index contributed by atoms with van der Waals surface area (Å²) in [6.45, 7) is 17.9. The Kier molecular flexibility index (Phi) is 11.3. The molecule has 2 rings (SSSR count). The molecule has 3 N–H and O–H groups in total. The summed E-state index contributed by atoms with van der Waals surface area (Å²) in [4.78, 5) is 12.2. The second kappa shape index (κ2) is 12.3. The molecule has 2 fully saturated rings. The maximum Gasteiger partial charge on any atom is 0.188 e. The van der Waals surface area contributed by atoms with E-state index in [-0.39, 0.29) is 24.0 Å². The van der Waals surface area contributed by atoms with Crippen LogP contribution in [-0.2, 0) is 0 Å². The third kappa shape index (κ3) is 7.97. The first-order valence-corrected chi connectivity index (χ1v) is 9.84. The number of halogens is 1. The normalized spacial score (nSPS) is 24.9. The van der Waals surface area contributed by atoms with Crippen LogP contribution in [0.15, 0.2) is 4.99 Å². The van der Waals surface area contributed by atoms with Gasteiger partial charge in [-0.3, -0.25) is 9.89 Å². The molecule has 2 unspecified atom stereocenters. The highest BCUT2D eigenvalue weighted by molar-refractivity contribution is 14.0. The fourth-order valence-electron chi connectivity index (χ4n) is 3.86. The zero-order chi connectivity index (χ0) is 17.4. The SMILES string of the molecule is CCN1CCN(CC(C)CN=C(N)NCC2CCCN2CC)CC1.I. The van der Waals surface area contributed by atoms with Gasteiger partial charge >= 0.3 is 0 Å². The van der Waals surface area contributed by atoms with Gasteiger partial charge < -0.3 is 20.9 Å². The quantitative estimate of drug-likeness (QED) is 0.321. The Hall–Kier alpha value is -0.120. The Balaban J connectivity index is 0.00000312. The maximum absolute atomic E-state index is 6.06. The van der Waals surface area contributed by atoms with Crippen LogP contribution < -0.4 is 11.1 Å². The largest absolute Gasteiger partial charge is 0.370 e. The number of nitrogens with two attached hydrogens (primary N) is 1. The predicted molar refractivity (Wildman–Crippen MR) is 118 cm³/mol. The highest BCUT2D eigenvalue weighted by Gasteiger charge is 2.22. The molecule has 6 nitrogen and oxygen atoms in total. The van der Waals surface area contributed by atoms with E-state index >= 15 is 0 Å². The van der Waals surface area contributed by atoms with Crippen molar-refractivity contribution in [3.63, 3.8) is 0 Å². The van der Waals surface area contributed by atoms with E-state index < -0.39 is 0 Å². The number of likely N-dealkylation sites (N-methyl/N-ethyl adjacent to an activating group) is 2. The van der Waals surface area contributed by atoms with Gasteiger partial charge in [-0.25, -0.2) is 0 Å². The average molecular weight is 466 g/mol. The van der Waals surface area contributed by atoms with Crippen LogP contribution in [0.2, 0.25) is 0 Å². The van der Waals surface area contributed by atoms with Gasteiger partial charge in [-0.2, -0.15) is 0 Å². The molecule has 0 aromatic carbocycles. The van der Waals surface area contributed by atoms with Crippen LogP contribution in [-0.4, -0.2) is 92.1 Å². The first kappa shape index (κ1) is 22.9. The Morgan fingerprint density at radius 1 is 1.12 bits per heavy atom. The molecule has 0 aromatic heterocycles. The van der Waals surface area contributed by atoms with Crippen molar-refractivity contribution in [2.45, 2.75) is 39.7 Å². The molecule has 7 heteroatoms. The van der Waals surface area contributed by atoms with Crippen molar-refractivity contribution >= 4 is 29.9 Å². The number of likely N-dealkylation sites (tertiary alicyclic amines) is 1. The second-order valence-electron chi connectivity index (χ2n) is 7.37. The lowest BCUT2D eigenvalue weighted by Crippen LogP contribution is -2.47. The van der Waals surface area contributed by atoms with Gasteiger partial charge in [0.15, 0.2) is 5.96 Å². The van der Waals surface area contributed by atoms with Gasteiger partial charge in [-0.1, -0.05) is 20.8 Å². The van der Waals surface area contributed by atoms with E-state index in [1.54, 1.807) is 0 Å². The van der Waals surface area contributed by atoms with Gasteiger partial charge in [0.05, 0.1) is 0 Å². The minimum Gasteiger partial charge on any atom is -0.370 e. The Labute approximate surface area is 171 Å². The molecule has 2 aliphatic heterocycles. The highest BCUT2D eigenvalue weighted by atomic mass is 127. The molecule has 2 heterocycles. The molecule has 2 aliphatic rings. The van der Waals surface area contributed by atoms with Crippen molar-refractivity contribution in [3.8, 4) is 0 Å². The van der Waals surface area contributed by atoms with Gasteiger partial charge in [0, 0.05) is 51.9 Å². The zero-order valence-electron chi connectivity index (χ0n) is 16.4. The number of aliphatic imine (C=N–C) groups is 1. The summed E-state index contributed by atoms with van der Waals surface area (Å²) in [5.41, 5.74) is 6.06. The van der Waals surface area contributed by atoms with Gasteiger partial charge in [0.2, 0.25) is 0 Å². The number of guanidine groups is 1. The number of nitrogens with zero attached hydrogens (tertiary/aromatic N) is 4. The van der Waals surface area contributed by atoms with Crippen molar-refractivity contribution in [1.29, 1.82) is 0 Å². The van der Waals surface area contributed by atoms with Gasteiger partial charge in [0.25, 0.3) is 0 Å². The molecule has 2 atom stereocenters. The number of rotatable bonds is 8. The van der Waals surface area contributed by atoms with Crippen LogP contribution in [0.3, 0.4) is 0 Å². The summed E-state index contributed by atoms with van der Waals surface area (Å²) in [7, 11) is 0. The van der Waals surface area contributed by atoms with Gasteiger partial charge in [-0.05, 0) is 38.4 Å². The summed E-state index contributed by atoms with van der Waals surface area (Å²) < 4.78 is 0. The summed E-state index contributed by atoms with van der Waals surface area (Å²) in [5, 5.41) is 3.33. The average Bonchev–Trinajstić information content (AvgIpc) is 3.06. The standard InChI is InChI=1S/C18H38N6.HI/c1-4-22-9-11-23(12-10-22)15-16(3)13-20-18(19)21-14-17-7-6-8-24(17)5-2;/h16-17H,4-15H2,1-3H3,(H3,19,20,21);1H. The molecule has 0 spiro atoms. The molecule has 0 bridgehead atoms. The van der Waals surface area contributed by atoms with Crippen molar-refractivity contribution in [2.24, 2.45) is 16.6 Å². The number of piperazine rings is 1. The first-order valence-electron chi connectivity index (χ1n) is 9.84. The van der Waals surface area contributed by atoms with E-state index in [0.29, 0.717) is 17.9 Å². The van der Waals surface area contributed by atoms with Crippen LogP contribution in [0.5, 0.6) is 0 Å². The van der Waals surface area contributed by atoms with Crippen LogP contribution >= 0.6 is 24.0 Å². The first-order chi connectivity index (χ1) is 11.6. The highest BCUT2D eigenvalue weighted by Crippen LogP contribution is 2.15. The van der Waals surface area contributed by atoms with Crippen LogP contribution in [0.1, 0.15) is 33.6 Å². The molecule has 0 amide bonds. The molecule has 2 saturated heterocycles. The minimum absolute atomic E-state index is 0. The van der Waals surface area contributed by atoms with E-state index in [1.165, 1.54) is 52.1 Å².